The average Bonchev–Trinajstić information content (AvgIpc) is 2.90. The van der Waals surface area contributed by atoms with Crippen molar-refractivity contribution in [3.63, 3.8) is 0 Å². The van der Waals surface area contributed by atoms with Crippen molar-refractivity contribution in [1.82, 2.24) is 9.78 Å². The summed E-state index contributed by atoms with van der Waals surface area (Å²) in [6.07, 6.45) is 2.56. The molecule has 20 heavy (non-hydrogen) atoms. The van der Waals surface area contributed by atoms with Crippen LogP contribution in [-0.2, 0) is 0 Å². The second kappa shape index (κ2) is 5.77. The molecule has 1 heterocycles. The molecule has 106 valence electrons. The molecule has 0 saturated carbocycles. The summed E-state index contributed by atoms with van der Waals surface area (Å²) in [5.41, 5.74) is 1.94. The van der Waals surface area contributed by atoms with Crippen molar-refractivity contribution >= 4 is 6.29 Å². The van der Waals surface area contributed by atoms with Crippen molar-refractivity contribution in [3.05, 3.63) is 30.0 Å². The van der Waals surface area contributed by atoms with Crippen LogP contribution in [0.5, 0.6) is 11.5 Å². The molecule has 0 aliphatic heterocycles. The Morgan fingerprint density at radius 2 is 2.00 bits per heavy atom. The van der Waals surface area contributed by atoms with Gasteiger partial charge in [-0.2, -0.15) is 5.10 Å². The van der Waals surface area contributed by atoms with Gasteiger partial charge < -0.3 is 9.47 Å². The van der Waals surface area contributed by atoms with Crippen LogP contribution in [0.2, 0.25) is 0 Å². The number of ether oxygens (including phenoxy) is 2. The molecule has 2 rings (SSSR count). The van der Waals surface area contributed by atoms with E-state index in [0.29, 0.717) is 22.8 Å². The van der Waals surface area contributed by atoms with Crippen molar-refractivity contribution in [2.45, 2.75) is 19.9 Å². The van der Waals surface area contributed by atoms with Crippen LogP contribution >= 0.6 is 0 Å². The molecule has 0 fully saturated rings. The third kappa shape index (κ3) is 2.52. The molecule has 0 aliphatic rings. The van der Waals surface area contributed by atoms with E-state index >= 15 is 0 Å². The van der Waals surface area contributed by atoms with Crippen molar-refractivity contribution in [2.24, 2.45) is 0 Å². The van der Waals surface area contributed by atoms with E-state index in [9.17, 15) is 4.79 Å². The lowest BCUT2D eigenvalue weighted by Crippen LogP contribution is -2.01. The molecule has 0 radical (unpaired) electrons. The molecule has 0 aliphatic carbocycles. The monoisotopic (exact) mass is 274 g/mol. The highest BCUT2D eigenvalue weighted by atomic mass is 16.5. The van der Waals surface area contributed by atoms with Crippen LogP contribution in [-0.4, -0.2) is 30.3 Å². The smallest absolute Gasteiger partial charge is 0.153 e. The Labute approximate surface area is 118 Å². The minimum atomic E-state index is 0.187. The quantitative estimate of drug-likeness (QED) is 0.787. The largest absolute Gasteiger partial charge is 0.497 e. The maximum Gasteiger partial charge on any atom is 0.153 e. The molecule has 0 saturated heterocycles. The summed E-state index contributed by atoms with van der Waals surface area (Å²) in [7, 11) is 3.18. The Morgan fingerprint density at radius 1 is 1.25 bits per heavy atom. The second-order valence-electron chi connectivity index (χ2n) is 4.69. The van der Waals surface area contributed by atoms with Gasteiger partial charge in [-0.05, 0) is 26.0 Å². The van der Waals surface area contributed by atoms with Gasteiger partial charge in [0.15, 0.2) is 6.29 Å². The normalized spacial score (nSPS) is 10.7. The predicted molar refractivity (Wildman–Crippen MR) is 76.5 cm³/mol. The Kier molecular flexibility index (Phi) is 4.08. The first kappa shape index (κ1) is 14.1. The summed E-state index contributed by atoms with van der Waals surface area (Å²) in [5.74, 6) is 1.32. The number of hydrogen-bond donors (Lipinski definition) is 0. The van der Waals surface area contributed by atoms with Crippen molar-refractivity contribution in [3.8, 4) is 22.8 Å². The first-order chi connectivity index (χ1) is 9.60. The Bertz CT molecular complexity index is 618. The summed E-state index contributed by atoms with van der Waals surface area (Å²) in [6, 6.07) is 5.63. The molecule has 0 atom stereocenters. The summed E-state index contributed by atoms with van der Waals surface area (Å²) < 4.78 is 12.3. The molecule has 0 amide bonds. The number of aromatic nitrogens is 2. The van der Waals surface area contributed by atoms with E-state index in [-0.39, 0.29) is 6.04 Å². The van der Waals surface area contributed by atoms with Gasteiger partial charge in [-0.25, -0.2) is 0 Å². The van der Waals surface area contributed by atoms with Gasteiger partial charge in [0.05, 0.1) is 19.8 Å². The molecule has 0 spiro atoms. The highest BCUT2D eigenvalue weighted by Crippen LogP contribution is 2.34. The van der Waals surface area contributed by atoms with Gasteiger partial charge in [-0.3, -0.25) is 9.48 Å². The molecular formula is C15H18N2O3. The highest BCUT2D eigenvalue weighted by molar-refractivity contribution is 5.87. The zero-order valence-electron chi connectivity index (χ0n) is 12.1. The van der Waals surface area contributed by atoms with Crippen LogP contribution in [0.1, 0.15) is 30.2 Å². The lowest BCUT2D eigenvalue weighted by atomic mass is 10.1. The summed E-state index contributed by atoms with van der Waals surface area (Å²) >= 11 is 0. The molecule has 5 nitrogen and oxygen atoms in total. The summed E-state index contributed by atoms with van der Waals surface area (Å²) in [4.78, 5) is 11.2. The number of methoxy groups -OCH3 is 2. The Hall–Kier alpha value is -2.30. The Morgan fingerprint density at radius 3 is 2.55 bits per heavy atom. The SMILES string of the molecule is COc1ccc(-c2nn(C(C)C)cc2C=O)c(OC)c1. The van der Waals surface area contributed by atoms with Gasteiger partial charge in [-0.15, -0.1) is 0 Å². The van der Waals surface area contributed by atoms with Gasteiger partial charge in [0.25, 0.3) is 0 Å². The van der Waals surface area contributed by atoms with Crippen LogP contribution in [0.3, 0.4) is 0 Å². The van der Waals surface area contributed by atoms with E-state index in [1.165, 1.54) is 0 Å². The summed E-state index contributed by atoms with van der Waals surface area (Å²) in [6.45, 7) is 4.02. The first-order valence-electron chi connectivity index (χ1n) is 6.37. The molecular weight excluding hydrogens is 256 g/mol. The second-order valence-corrected chi connectivity index (χ2v) is 4.69. The van der Waals surface area contributed by atoms with Crippen molar-refractivity contribution in [2.75, 3.05) is 14.2 Å². The lowest BCUT2D eigenvalue weighted by molar-refractivity contribution is 0.112. The Balaban J connectivity index is 2.58. The minimum Gasteiger partial charge on any atom is -0.497 e. The molecule has 2 aromatic rings. The zero-order chi connectivity index (χ0) is 14.7. The fourth-order valence-corrected chi connectivity index (χ4v) is 1.96. The predicted octanol–water partition coefficient (Wildman–Crippen LogP) is 2.96. The van der Waals surface area contributed by atoms with Gasteiger partial charge in [-0.1, -0.05) is 0 Å². The van der Waals surface area contributed by atoms with Crippen LogP contribution < -0.4 is 9.47 Å². The number of carbonyl (C=O) groups excluding carboxylic acids is 1. The van der Waals surface area contributed by atoms with Crippen LogP contribution in [0, 0.1) is 0 Å². The fourth-order valence-electron chi connectivity index (χ4n) is 1.96. The van der Waals surface area contributed by atoms with Gasteiger partial charge >= 0.3 is 0 Å². The zero-order valence-corrected chi connectivity index (χ0v) is 12.1. The van der Waals surface area contributed by atoms with E-state index in [2.05, 4.69) is 5.10 Å². The van der Waals surface area contributed by atoms with Crippen LogP contribution in [0.15, 0.2) is 24.4 Å². The van der Waals surface area contributed by atoms with Crippen molar-refractivity contribution < 1.29 is 14.3 Å². The van der Waals surface area contributed by atoms with Gasteiger partial charge in [0.1, 0.15) is 17.2 Å². The molecule has 1 aromatic carbocycles. The average molecular weight is 274 g/mol. The standard InChI is InChI=1S/C15H18N2O3/c1-10(2)17-8-11(9-18)15(16-17)13-6-5-12(19-3)7-14(13)20-4/h5-10H,1-4H3. The third-order valence-corrected chi connectivity index (χ3v) is 3.08. The molecule has 0 N–H and O–H groups in total. The minimum absolute atomic E-state index is 0.187. The molecule has 1 aromatic heterocycles. The van der Waals surface area contributed by atoms with E-state index in [1.54, 1.807) is 31.2 Å². The van der Waals surface area contributed by atoms with Crippen LogP contribution in [0.25, 0.3) is 11.3 Å². The number of rotatable bonds is 5. The van der Waals surface area contributed by atoms with Crippen LogP contribution in [0.4, 0.5) is 0 Å². The lowest BCUT2D eigenvalue weighted by Gasteiger charge is -2.09. The maximum absolute atomic E-state index is 11.2. The van der Waals surface area contributed by atoms with E-state index in [1.807, 2.05) is 26.0 Å². The first-order valence-corrected chi connectivity index (χ1v) is 6.37. The molecule has 0 bridgehead atoms. The molecule has 5 heteroatoms. The number of aldehydes is 1. The highest BCUT2D eigenvalue weighted by Gasteiger charge is 2.16. The van der Waals surface area contributed by atoms with Gasteiger partial charge in [0.2, 0.25) is 0 Å². The topological polar surface area (TPSA) is 53.4 Å². The number of hydrogen-bond acceptors (Lipinski definition) is 4. The number of benzene rings is 1. The maximum atomic E-state index is 11.2. The van der Waals surface area contributed by atoms with E-state index < -0.39 is 0 Å². The van der Waals surface area contributed by atoms with E-state index in [0.717, 1.165) is 11.8 Å². The third-order valence-electron chi connectivity index (χ3n) is 3.08. The van der Waals surface area contributed by atoms with Gasteiger partial charge in [0, 0.05) is 23.9 Å². The number of carbonyl (C=O) groups is 1. The van der Waals surface area contributed by atoms with E-state index in [4.69, 9.17) is 9.47 Å². The molecule has 0 unspecified atom stereocenters. The number of nitrogens with zero attached hydrogens (tertiary/aromatic N) is 2. The summed E-state index contributed by atoms with van der Waals surface area (Å²) in [5, 5.41) is 4.48. The fraction of sp³-hybridized carbons (Fsp3) is 0.333. The van der Waals surface area contributed by atoms with Crippen molar-refractivity contribution in [1.29, 1.82) is 0 Å².